The average Bonchev–Trinajstić information content (AvgIpc) is 2.43. The molecule has 0 unspecified atom stereocenters. The van der Waals surface area contributed by atoms with Crippen LogP contribution in [0.15, 0.2) is 18.2 Å². The highest BCUT2D eigenvalue weighted by atomic mass is 35.5. The van der Waals surface area contributed by atoms with Crippen molar-refractivity contribution in [3.8, 4) is 0 Å². The monoisotopic (exact) mass is 272 g/mol. The minimum atomic E-state index is 0.0994. The van der Waals surface area contributed by atoms with Crippen molar-refractivity contribution in [3.63, 3.8) is 0 Å². The summed E-state index contributed by atoms with van der Waals surface area (Å²) in [5.41, 5.74) is 1.14. The molecule has 1 aromatic carbocycles. The highest BCUT2D eigenvalue weighted by Crippen LogP contribution is 2.30. The predicted molar refractivity (Wildman–Crippen MR) is 75.4 cm³/mol. The molecule has 1 N–H and O–H groups in total. The third-order valence-corrected chi connectivity index (χ3v) is 3.60. The van der Waals surface area contributed by atoms with E-state index in [-0.39, 0.29) is 5.54 Å². The first-order chi connectivity index (χ1) is 7.98. The van der Waals surface area contributed by atoms with Gasteiger partial charge >= 0.3 is 0 Å². The molecular formula is C13H18Cl2N2. The van der Waals surface area contributed by atoms with Gasteiger partial charge in [-0.3, -0.25) is 0 Å². The second kappa shape index (κ2) is 5.05. The molecule has 1 heterocycles. The number of nitrogens with one attached hydrogen (secondary N) is 1. The van der Waals surface area contributed by atoms with Crippen molar-refractivity contribution in [2.45, 2.75) is 25.8 Å². The summed E-state index contributed by atoms with van der Waals surface area (Å²) in [5.74, 6) is 0. The molecule has 0 radical (unpaired) electrons. The average molecular weight is 273 g/mol. The molecule has 0 bridgehead atoms. The SMILES string of the molecule is CC1(C)CN(c2cc(Cl)ccc2Cl)CCCN1. The van der Waals surface area contributed by atoms with Gasteiger partial charge in [-0.1, -0.05) is 23.2 Å². The van der Waals surface area contributed by atoms with E-state index in [9.17, 15) is 0 Å². The first-order valence-corrected chi connectivity index (χ1v) is 6.69. The maximum absolute atomic E-state index is 6.26. The van der Waals surface area contributed by atoms with Crippen LogP contribution in [0.4, 0.5) is 5.69 Å². The van der Waals surface area contributed by atoms with Gasteiger partial charge in [-0.15, -0.1) is 0 Å². The highest BCUT2D eigenvalue weighted by molar-refractivity contribution is 6.35. The van der Waals surface area contributed by atoms with E-state index in [1.165, 1.54) is 0 Å². The van der Waals surface area contributed by atoms with Crippen LogP contribution in [0.3, 0.4) is 0 Å². The summed E-state index contributed by atoms with van der Waals surface area (Å²) < 4.78 is 0. The predicted octanol–water partition coefficient (Wildman–Crippen LogP) is 3.57. The lowest BCUT2D eigenvalue weighted by Gasteiger charge is -2.32. The van der Waals surface area contributed by atoms with E-state index >= 15 is 0 Å². The molecule has 0 aliphatic carbocycles. The van der Waals surface area contributed by atoms with Crippen molar-refractivity contribution in [3.05, 3.63) is 28.2 Å². The van der Waals surface area contributed by atoms with Crippen LogP contribution >= 0.6 is 23.2 Å². The van der Waals surface area contributed by atoms with Crippen molar-refractivity contribution in [1.29, 1.82) is 0 Å². The number of benzene rings is 1. The molecule has 0 aromatic heterocycles. The minimum absolute atomic E-state index is 0.0994. The van der Waals surface area contributed by atoms with Gasteiger partial charge in [-0.2, -0.15) is 0 Å². The number of hydrogen-bond acceptors (Lipinski definition) is 2. The van der Waals surface area contributed by atoms with E-state index in [4.69, 9.17) is 23.2 Å². The van der Waals surface area contributed by atoms with Gasteiger partial charge in [0.15, 0.2) is 0 Å². The van der Waals surface area contributed by atoms with Crippen LogP contribution in [0.1, 0.15) is 20.3 Å². The molecule has 0 atom stereocenters. The smallest absolute Gasteiger partial charge is 0.0640 e. The molecule has 1 aromatic rings. The Bertz CT molecular complexity index is 404. The molecule has 2 nitrogen and oxygen atoms in total. The van der Waals surface area contributed by atoms with Crippen LogP contribution in [0.2, 0.25) is 10.0 Å². The summed E-state index contributed by atoms with van der Waals surface area (Å²) in [6.45, 7) is 7.42. The van der Waals surface area contributed by atoms with Crippen LogP contribution in [-0.4, -0.2) is 25.2 Å². The fraction of sp³-hybridized carbons (Fsp3) is 0.538. The number of nitrogens with zero attached hydrogens (tertiary/aromatic N) is 1. The minimum Gasteiger partial charge on any atom is -0.368 e. The molecule has 1 fully saturated rings. The Morgan fingerprint density at radius 3 is 2.82 bits per heavy atom. The van der Waals surface area contributed by atoms with Crippen molar-refractivity contribution in [2.75, 3.05) is 24.5 Å². The Balaban J connectivity index is 2.28. The lowest BCUT2D eigenvalue weighted by molar-refractivity contribution is 0.416. The Morgan fingerprint density at radius 1 is 1.29 bits per heavy atom. The topological polar surface area (TPSA) is 15.3 Å². The zero-order chi connectivity index (χ0) is 12.5. The summed E-state index contributed by atoms with van der Waals surface area (Å²) in [6, 6.07) is 5.64. The van der Waals surface area contributed by atoms with Crippen LogP contribution in [0, 0.1) is 0 Å². The summed E-state index contributed by atoms with van der Waals surface area (Å²) in [5, 5.41) is 5.04. The van der Waals surface area contributed by atoms with Gasteiger partial charge in [0.05, 0.1) is 10.7 Å². The number of rotatable bonds is 1. The third kappa shape index (κ3) is 3.27. The first-order valence-electron chi connectivity index (χ1n) is 5.93. The van der Waals surface area contributed by atoms with E-state index in [1.807, 2.05) is 18.2 Å². The van der Waals surface area contributed by atoms with Crippen LogP contribution in [0.5, 0.6) is 0 Å². The highest BCUT2D eigenvalue weighted by Gasteiger charge is 2.25. The molecule has 2 rings (SSSR count). The number of hydrogen-bond donors (Lipinski definition) is 1. The maximum atomic E-state index is 6.26. The van der Waals surface area contributed by atoms with Crippen LogP contribution in [-0.2, 0) is 0 Å². The molecule has 0 amide bonds. The summed E-state index contributed by atoms with van der Waals surface area (Å²) in [6.07, 6.45) is 1.12. The zero-order valence-corrected chi connectivity index (χ0v) is 11.8. The Kier molecular flexibility index (Phi) is 3.86. The van der Waals surface area contributed by atoms with E-state index in [0.717, 1.165) is 41.8 Å². The molecule has 4 heteroatoms. The standard InChI is InChI=1S/C13H18Cl2N2/c1-13(2)9-17(7-3-6-16-13)12-8-10(14)4-5-11(12)15/h4-5,8,16H,3,6-7,9H2,1-2H3. The normalized spacial score (nSPS) is 20.1. The van der Waals surface area contributed by atoms with Gasteiger partial charge in [0.2, 0.25) is 0 Å². The summed E-state index contributed by atoms with van der Waals surface area (Å²) >= 11 is 12.3. The fourth-order valence-corrected chi connectivity index (χ4v) is 2.65. The lowest BCUT2D eigenvalue weighted by atomic mass is 10.1. The molecular weight excluding hydrogens is 255 g/mol. The van der Waals surface area contributed by atoms with Crippen molar-refractivity contribution in [1.82, 2.24) is 5.32 Å². The largest absolute Gasteiger partial charge is 0.368 e. The van der Waals surface area contributed by atoms with Gasteiger partial charge in [-0.05, 0) is 45.0 Å². The molecule has 94 valence electrons. The van der Waals surface area contributed by atoms with Gasteiger partial charge in [0, 0.05) is 23.7 Å². The molecule has 0 saturated carbocycles. The Labute approximate surface area is 113 Å². The molecule has 0 spiro atoms. The number of anilines is 1. The van der Waals surface area contributed by atoms with Crippen molar-refractivity contribution < 1.29 is 0 Å². The zero-order valence-electron chi connectivity index (χ0n) is 10.3. The van der Waals surface area contributed by atoms with Crippen LogP contribution < -0.4 is 10.2 Å². The second-order valence-corrected chi connectivity index (χ2v) is 6.03. The van der Waals surface area contributed by atoms with E-state index in [1.54, 1.807) is 0 Å². The van der Waals surface area contributed by atoms with Gasteiger partial charge in [0.1, 0.15) is 0 Å². The van der Waals surface area contributed by atoms with E-state index < -0.39 is 0 Å². The fourth-order valence-electron chi connectivity index (χ4n) is 2.24. The Morgan fingerprint density at radius 2 is 2.06 bits per heavy atom. The first kappa shape index (κ1) is 13.0. The van der Waals surface area contributed by atoms with Crippen molar-refractivity contribution in [2.24, 2.45) is 0 Å². The van der Waals surface area contributed by atoms with Crippen molar-refractivity contribution >= 4 is 28.9 Å². The third-order valence-electron chi connectivity index (χ3n) is 3.04. The molecule has 17 heavy (non-hydrogen) atoms. The number of halogens is 2. The van der Waals surface area contributed by atoms with Gasteiger partial charge < -0.3 is 10.2 Å². The lowest BCUT2D eigenvalue weighted by Crippen LogP contribution is -2.46. The summed E-state index contributed by atoms with van der Waals surface area (Å²) in [7, 11) is 0. The summed E-state index contributed by atoms with van der Waals surface area (Å²) in [4.78, 5) is 2.31. The second-order valence-electron chi connectivity index (χ2n) is 5.18. The quantitative estimate of drug-likeness (QED) is 0.841. The maximum Gasteiger partial charge on any atom is 0.0640 e. The van der Waals surface area contributed by atoms with E-state index in [2.05, 4.69) is 24.1 Å². The molecule has 1 aliphatic heterocycles. The van der Waals surface area contributed by atoms with Gasteiger partial charge in [-0.25, -0.2) is 0 Å². The Hall–Kier alpha value is -0.440. The van der Waals surface area contributed by atoms with E-state index in [0.29, 0.717) is 0 Å². The molecule has 1 saturated heterocycles. The van der Waals surface area contributed by atoms with Gasteiger partial charge in [0.25, 0.3) is 0 Å². The molecule has 1 aliphatic rings. The van der Waals surface area contributed by atoms with Crippen LogP contribution in [0.25, 0.3) is 0 Å².